The van der Waals surface area contributed by atoms with Crippen LogP contribution in [-0.4, -0.2) is 52.7 Å². The van der Waals surface area contributed by atoms with Crippen LogP contribution < -0.4 is 10.6 Å². The van der Waals surface area contributed by atoms with Crippen molar-refractivity contribution in [3.63, 3.8) is 0 Å². The van der Waals surface area contributed by atoms with Gasteiger partial charge in [0.2, 0.25) is 5.91 Å². The number of aryl methyl sites for hydroxylation is 2. The van der Waals surface area contributed by atoms with Crippen molar-refractivity contribution in [3.05, 3.63) is 64.7 Å². The lowest BCUT2D eigenvalue weighted by atomic mass is 9.96. The topological polar surface area (TPSA) is 108 Å². The van der Waals surface area contributed by atoms with Crippen LogP contribution in [0.1, 0.15) is 81.7 Å². The Bertz CT molecular complexity index is 1190. The summed E-state index contributed by atoms with van der Waals surface area (Å²) in [6, 6.07) is 10.2. The van der Waals surface area contributed by atoms with Crippen LogP contribution in [-0.2, 0) is 14.3 Å². The summed E-state index contributed by atoms with van der Waals surface area (Å²) in [6.45, 7) is 10.5. The molecule has 0 aromatic heterocycles. The van der Waals surface area contributed by atoms with E-state index in [-0.39, 0.29) is 6.54 Å². The fourth-order valence-electron chi connectivity index (χ4n) is 4.43. The minimum atomic E-state index is -1.32. The zero-order valence-corrected chi connectivity index (χ0v) is 24.5. The van der Waals surface area contributed by atoms with Gasteiger partial charge in [0.25, 0.3) is 5.91 Å². The van der Waals surface area contributed by atoms with Gasteiger partial charge in [-0.15, -0.1) is 6.42 Å². The summed E-state index contributed by atoms with van der Waals surface area (Å²) < 4.78 is 5.31. The fourth-order valence-corrected chi connectivity index (χ4v) is 4.43. The van der Waals surface area contributed by atoms with Crippen molar-refractivity contribution < 1.29 is 24.2 Å². The van der Waals surface area contributed by atoms with E-state index >= 15 is 0 Å². The number of alkyl carbamates (subject to hydrolysis) is 1. The molecular formula is C32H43N3O5. The zero-order valence-electron chi connectivity index (χ0n) is 24.5. The Balaban J connectivity index is 2.58. The number of aliphatic hydroxyl groups is 1. The summed E-state index contributed by atoms with van der Waals surface area (Å²) >= 11 is 0. The van der Waals surface area contributed by atoms with Crippen molar-refractivity contribution in [2.24, 2.45) is 0 Å². The molecule has 0 radical (unpaired) electrons. The summed E-state index contributed by atoms with van der Waals surface area (Å²) in [6.07, 6.45) is 8.39. The van der Waals surface area contributed by atoms with Gasteiger partial charge in [-0.05, 0) is 63.8 Å². The second kappa shape index (κ2) is 15.1. The maximum atomic E-state index is 14.1. The average molecular weight is 550 g/mol. The highest BCUT2D eigenvalue weighted by atomic mass is 16.6. The van der Waals surface area contributed by atoms with E-state index in [4.69, 9.17) is 11.2 Å². The van der Waals surface area contributed by atoms with Crippen molar-refractivity contribution in [1.29, 1.82) is 0 Å². The van der Waals surface area contributed by atoms with Crippen molar-refractivity contribution in [2.75, 3.05) is 18.5 Å². The number of hydrogen-bond donors (Lipinski definition) is 3. The van der Waals surface area contributed by atoms with Crippen LogP contribution in [0.15, 0.2) is 42.5 Å². The number of nitrogens with zero attached hydrogens (tertiary/aromatic N) is 1. The number of terminal acetylenes is 1. The second-order valence-corrected chi connectivity index (χ2v) is 10.9. The van der Waals surface area contributed by atoms with Crippen molar-refractivity contribution in [1.82, 2.24) is 10.2 Å². The van der Waals surface area contributed by atoms with Crippen LogP contribution in [0.5, 0.6) is 0 Å². The number of nitrogens with one attached hydrogen (secondary N) is 2. The molecule has 0 aliphatic carbocycles. The van der Waals surface area contributed by atoms with E-state index in [1.54, 1.807) is 45.0 Å². The van der Waals surface area contributed by atoms with Gasteiger partial charge in [0, 0.05) is 17.8 Å². The third kappa shape index (κ3) is 9.13. The number of unbranched alkanes of at least 4 members (excludes halogenated alkanes) is 3. The number of para-hydroxylation sites is 1. The molecule has 216 valence electrons. The Kier molecular flexibility index (Phi) is 12.2. The highest BCUT2D eigenvalue weighted by Crippen LogP contribution is 2.29. The Morgan fingerprint density at radius 2 is 1.68 bits per heavy atom. The molecule has 2 unspecified atom stereocenters. The first-order valence-corrected chi connectivity index (χ1v) is 13.8. The molecule has 40 heavy (non-hydrogen) atoms. The molecule has 0 spiro atoms. The Morgan fingerprint density at radius 3 is 2.25 bits per heavy atom. The van der Waals surface area contributed by atoms with Crippen LogP contribution in [0.4, 0.5) is 10.5 Å². The minimum absolute atomic E-state index is 0.217. The Labute approximate surface area is 238 Å². The lowest BCUT2D eigenvalue weighted by molar-refractivity contribution is -0.141. The number of rotatable bonds is 12. The van der Waals surface area contributed by atoms with E-state index in [9.17, 15) is 19.5 Å². The molecule has 0 saturated carbocycles. The van der Waals surface area contributed by atoms with Crippen LogP contribution in [0.2, 0.25) is 0 Å². The summed E-state index contributed by atoms with van der Waals surface area (Å²) in [5, 5.41) is 15.6. The third-order valence-corrected chi connectivity index (χ3v) is 6.41. The van der Waals surface area contributed by atoms with Gasteiger partial charge in [-0.2, -0.15) is 0 Å². The lowest BCUT2D eigenvalue weighted by Crippen LogP contribution is -2.54. The number of carbonyl (C=O) groups excluding carboxylic acids is 3. The quantitative estimate of drug-likeness (QED) is 0.247. The van der Waals surface area contributed by atoms with Crippen molar-refractivity contribution in [2.45, 2.75) is 84.9 Å². The van der Waals surface area contributed by atoms with Crippen molar-refractivity contribution >= 4 is 23.6 Å². The molecule has 0 aliphatic rings. The highest BCUT2D eigenvalue weighted by Gasteiger charge is 2.37. The number of amides is 3. The number of anilines is 1. The maximum Gasteiger partial charge on any atom is 0.408 e. The van der Waals surface area contributed by atoms with Gasteiger partial charge in [0.05, 0.1) is 6.61 Å². The molecule has 0 heterocycles. The smallest absolute Gasteiger partial charge is 0.408 e. The van der Waals surface area contributed by atoms with Crippen LogP contribution >= 0.6 is 0 Å². The van der Waals surface area contributed by atoms with Gasteiger partial charge in [-0.1, -0.05) is 68.5 Å². The van der Waals surface area contributed by atoms with Gasteiger partial charge >= 0.3 is 6.09 Å². The van der Waals surface area contributed by atoms with Gasteiger partial charge in [0.1, 0.15) is 17.7 Å². The molecule has 3 amide bonds. The van der Waals surface area contributed by atoms with Gasteiger partial charge in [-0.3, -0.25) is 9.59 Å². The number of carbonyl (C=O) groups is 3. The van der Waals surface area contributed by atoms with Gasteiger partial charge < -0.3 is 25.4 Å². The summed E-state index contributed by atoms with van der Waals surface area (Å²) in [7, 11) is 0. The predicted molar refractivity (Wildman–Crippen MR) is 158 cm³/mol. The monoisotopic (exact) mass is 549 g/mol. The first kappa shape index (κ1) is 32.4. The van der Waals surface area contributed by atoms with Gasteiger partial charge in [0.15, 0.2) is 0 Å². The molecule has 0 saturated heterocycles. The van der Waals surface area contributed by atoms with E-state index in [2.05, 4.69) is 23.5 Å². The average Bonchev–Trinajstić information content (AvgIpc) is 2.89. The lowest BCUT2D eigenvalue weighted by Gasteiger charge is -2.35. The summed E-state index contributed by atoms with van der Waals surface area (Å²) in [5.41, 5.74) is 2.55. The molecule has 8 nitrogen and oxygen atoms in total. The predicted octanol–water partition coefficient (Wildman–Crippen LogP) is 5.26. The van der Waals surface area contributed by atoms with E-state index < -0.39 is 42.2 Å². The zero-order chi connectivity index (χ0) is 29.9. The van der Waals surface area contributed by atoms with Crippen LogP contribution in [0.3, 0.4) is 0 Å². The van der Waals surface area contributed by atoms with Gasteiger partial charge in [-0.25, -0.2) is 4.79 Å². The largest absolute Gasteiger partial charge is 0.444 e. The van der Waals surface area contributed by atoms with E-state index in [1.165, 1.54) is 4.90 Å². The van der Waals surface area contributed by atoms with Crippen molar-refractivity contribution in [3.8, 4) is 12.3 Å². The summed E-state index contributed by atoms with van der Waals surface area (Å²) in [4.78, 5) is 42.0. The number of ether oxygens (including phenoxy) is 1. The summed E-state index contributed by atoms with van der Waals surface area (Å²) in [5.74, 6) is 1.57. The molecule has 3 N–H and O–H groups in total. The standard InChI is InChI=1S/C32H43N3O5/c1-8-10-11-14-20-35(30(38)26(21-36)33-31(39)40-32(5,6)7)28(25-19-13-12-18-24(25)9-2)29(37)34-27-22(3)16-15-17-23(27)4/h2,12-13,15-19,26,28,36H,8,10-11,14,20-21H2,1,3-7H3,(H,33,39)(H,34,37). The fraction of sp³-hybridized carbons (Fsp3) is 0.469. The minimum Gasteiger partial charge on any atom is -0.444 e. The normalized spacial score (nSPS) is 12.6. The Hall–Kier alpha value is -3.83. The first-order valence-electron chi connectivity index (χ1n) is 13.8. The molecule has 2 aromatic rings. The first-order chi connectivity index (χ1) is 18.9. The number of aliphatic hydroxyl groups excluding tert-OH is 1. The highest BCUT2D eigenvalue weighted by molar-refractivity contribution is 6.00. The van der Waals surface area contributed by atoms with Crippen LogP contribution in [0, 0.1) is 26.2 Å². The third-order valence-electron chi connectivity index (χ3n) is 6.41. The second-order valence-electron chi connectivity index (χ2n) is 10.9. The molecule has 0 aliphatic heterocycles. The molecule has 0 fully saturated rings. The number of benzene rings is 2. The van der Waals surface area contributed by atoms with E-state index in [1.807, 2.05) is 32.0 Å². The molecule has 8 heteroatoms. The van der Waals surface area contributed by atoms with E-state index in [0.29, 0.717) is 23.2 Å². The van der Waals surface area contributed by atoms with Crippen LogP contribution in [0.25, 0.3) is 0 Å². The molecule has 2 rings (SSSR count). The Morgan fingerprint density at radius 1 is 1.02 bits per heavy atom. The molecule has 0 bridgehead atoms. The molecule has 2 atom stereocenters. The number of hydrogen-bond acceptors (Lipinski definition) is 5. The maximum absolute atomic E-state index is 14.1. The molecule has 2 aromatic carbocycles. The SMILES string of the molecule is C#Cc1ccccc1C(C(=O)Nc1c(C)cccc1C)N(CCCCCC)C(=O)C(CO)NC(=O)OC(C)(C)C. The van der Waals surface area contributed by atoms with E-state index in [0.717, 1.165) is 30.4 Å². The molecular weight excluding hydrogens is 506 g/mol.